The average Bonchev–Trinajstić information content (AvgIpc) is 2.72. The van der Waals surface area contributed by atoms with Gasteiger partial charge in [-0.15, -0.1) is 0 Å². The molecule has 24 heavy (non-hydrogen) atoms. The van der Waals surface area contributed by atoms with Gasteiger partial charge in [0.05, 0.1) is 5.69 Å². The van der Waals surface area contributed by atoms with E-state index in [0.717, 1.165) is 51.3 Å². The molecule has 0 aliphatic carbocycles. The molecular formula is C19H27N3O2. The topological polar surface area (TPSA) is 43.9 Å². The van der Waals surface area contributed by atoms with Gasteiger partial charge in [-0.2, -0.15) is 0 Å². The number of fused-ring (bicyclic) bond motifs is 1. The lowest BCUT2D eigenvalue weighted by Gasteiger charge is -2.32. The van der Waals surface area contributed by atoms with Crippen LogP contribution in [0.5, 0.6) is 0 Å². The molecule has 0 unspecified atom stereocenters. The highest BCUT2D eigenvalue weighted by Crippen LogP contribution is 2.27. The fourth-order valence-corrected chi connectivity index (χ4v) is 3.49. The van der Waals surface area contributed by atoms with Crippen LogP contribution in [0.2, 0.25) is 0 Å². The van der Waals surface area contributed by atoms with Crippen LogP contribution < -0.4 is 4.90 Å². The van der Waals surface area contributed by atoms with Crippen LogP contribution in [0.1, 0.15) is 36.0 Å². The zero-order chi connectivity index (χ0) is 16.9. The van der Waals surface area contributed by atoms with Crippen molar-refractivity contribution in [3.63, 3.8) is 0 Å². The zero-order valence-electron chi connectivity index (χ0n) is 14.5. The molecule has 1 fully saturated rings. The number of anilines is 1. The number of likely N-dealkylation sites (N-methyl/N-ethyl adjacent to an activating group) is 1. The molecule has 2 aliphatic heterocycles. The van der Waals surface area contributed by atoms with E-state index in [9.17, 15) is 9.59 Å². The van der Waals surface area contributed by atoms with E-state index < -0.39 is 0 Å². The number of benzene rings is 1. The van der Waals surface area contributed by atoms with E-state index >= 15 is 0 Å². The van der Waals surface area contributed by atoms with Crippen LogP contribution in [-0.4, -0.2) is 67.8 Å². The molecular weight excluding hydrogens is 302 g/mol. The highest BCUT2D eigenvalue weighted by Gasteiger charge is 2.25. The third kappa shape index (κ3) is 4.02. The first-order chi connectivity index (χ1) is 11.6. The van der Waals surface area contributed by atoms with E-state index in [4.69, 9.17) is 0 Å². The number of ketones is 1. The Hall–Kier alpha value is -1.72. The number of nitrogens with zero attached hydrogens (tertiary/aromatic N) is 3. The second kappa shape index (κ2) is 7.90. The van der Waals surface area contributed by atoms with Crippen LogP contribution in [0.15, 0.2) is 24.3 Å². The summed E-state index contributed by atoms with van der Waals surface area (Å²) in [5.74, 6) is 0.159. The quantitative estimate of drug-likeness (QED) is 0.775. The van der Waals surface area contributed by atoms with E-state index in [0.29, 0.717) is 24.9 Å². The predicted molar refractivity (Wildman–Crippen MR) is 95.5 cm³/mol. The molecule has 5 nitrogen and oxygen atoms in total. The van der Waals surface area contributed by atoms with Gasteiger partial charge in [0.25, 0.3) is 0 Å². The smallest absolute Gasteiger partial charge is 0.227 e. The molecule has 5 heteroatoms. The number of carbonyl (C=O) groups excluding carboxylic acids is 2. The number of amides is 1. The number of piperazine rings is 1. The van der Waals surface area contributed by atoms with E-state index in [1.807, 2.05) is 29.2 Å². The van der Waals surface area contributed by atoms with Crippen molar-refractivity contribution in [2.45, 2.75) is 25.7 Å². The number of hydrogen-bond donors (Lipinski definition) is 0. The SMILES string of the molecule is CN1CCN(CCCCN2C(=O)CCC(=O)c3ccccc32)CC1. The zero-order valence-corrected chi connectivity index (χ0v) is 14.5. The number of hydrogen-bond acceptors (Lipinski definition) is 4. The maximum absolute atomic E-state index is 12.4. The van der Waals surface area contributed by atoms with Crippen molar-refractivity contribution in [1.82, 2.24) is 9.80 Å². The van der Waals surface area contributed by atoms with Gasteiger partial charge in [-0.25, -0.2) is 0 Å². The van der Waals surface area contributed by atoms with Gasteiger partial charge < -0.3 is 14.7 Å². The second-order valence-corrected chi connectivity index (χ2v) is 6.84. The van der Waals surface area contributed by atoms with Crippen molar-refractivity contribution < 1.29 is 9.59 Å². The molecule has 0 atom stereocenters. The number of unbranched alkanes of at least 4 members (excludes halogenated alkanes) is 1. The van der Waals surface area contributed by atoms with E-state index in [-0.39, 0.29) is 11.7 Å². The molecule has 130 valence electrons. The first-order valence-electron chi connectivity index (χ1n) is 8.98. The second-order valence-electron chi connectivity index (χ2n) is 6.84. The molecule has 1 saturated heterocycles. The largest absolute Gasteiger partial charge is 0.312 e. The lowest BCUT2D eigenvalue weighted by Crippen LogP contribution is -2.44. The van der Waals surface area contributed by atoms with Crippen molar-refractivity contribution in [2.75, 3.05) is 51.2 Å². The molecule has 1 aromatic rings. The molecule has 0 bridgehead atoms. The van der Waals surface area contributed by atoms with Gasteiger partial charge in [-0.3, -0.25) is 9.59 Å². The lowest BCUT2D eigenvalue weighted by atomic mass is 10.1. The Morgan fingerprint density at radius 2 is 1.62 bits per heavy atom. The van der Waals surface area contributed by atoms with Crippen LogP contribution in [0, 0.1) is 0 Å². The van der Waals surface area contributed by atoms with Crippen molar-refractivity contribution in [3.8, 4) is 0 Å². The average molecular weight is 329 g/mol. The lowest BCUT2D eigenvalue weighted by molar-refractivity contribution is -0.118. The molecule has 1 aromatic carbocycles. The fraction of sp³-hybridized carbons (Fsp3) is 0.579. The van der Waals surface area contributed by atoms with Gasteiger partial charge in [-0.05, 0) is 38.6 Å². The predicted octanol–water partition coefficient (Wildman–Crippen LogP) is 2.02. The minimum Gasteiger partial charge on any atom is -0.312 e. The molecule has 0 radical (unpaired) electrons. The van der Waals surface area contributed by atoms with Crippen molar-refractivity contribution in [3.05, 3.63) is 29.8 Å². The highest BCUT2D eigenvalue weighted by atomic mass is 16.2. The summed E-state index contributed by atoms with van der Waals surface area (Å²) < 4.78 is 0. The Labute approximate surface area is 144 Å². The number of para-hydroxylation sites is 1. The Morgan fingerprint density at radius 1 is 0.917 bits per heavy atom. The van der Waals surface area contributed by atoms with Crippen molar-refractivity contribution in [1.29, 1.82) is 0 Å². The Balaban J connectivity index is 1.55. The summed E-state index contributed by atoms with van der Waals surface area (Å²) in [7, 11) is 2.17. The standard InChI is InChI=1S/C19H27N3O2/c1-20-12-14-21(15-13-20)10-4-5-11-22-17-7-3-2-6-16(17)18(23)8-9-19(22)24/h2-3,6-7H,4-5,8-15H2,1H3. The Kier molecular flexibility index (Phi) is 5.63. The summed E-state index contributed by atoms with van der Waals surface area (Å²) in [6.45, 7) is 6.35. The molecule has 3 rings (SSSR count). The summed E-state index contributed by atoms with van der Waals surface area (Å²) in [5, 5.41) is 0. The Bertz CT molecular complexity index is 594. The van der Waals surface area contributed by atoms with Crippen LogP contribution in [0.4, 0.5) is 5.69 Å². The summed E-state index contributed by atoms with van der Waals surface area (Å²) in [6.07, 6.45) is 2.71. The van der Waals surface area contributed by atoms with Gasteiger partial charge in [0.2, 0.25) is 5.91 Å². The van der Waals surface area contributed by atoms with Crippen LogP contribution in [0.25, 0.3) is 0 Å². The van der Waals surface area contributed by atoms with Crippen LogP contribution in [0.3, 0.4) is 0 Å². The van der Waals surface area contributed by atoms with E-state index in [1.54, 1.807) is 0 Å². The van der Waals surface area contributed by atoms with Crippen LogP contribution in [-0.2, 0) is 4.79 Å². The van der Waals surface area contributed by atoms with Gasteiger partial charge in [0.15, 0.2) is 5.78 Å². The fourth-order valence-electron chi connectivity index (χ4n) is 3.49. The molecule has 0 N–H and O–H groups in total. The van der Waals surface area contributed by atoms with Crippen molar-refractivity contribution >= 4 is 17.4 Å². The Morgan fingerprint density at radius 3 is 2.42 bits per heavy atom. The van der Waals surface area contributed by atoms with Gasteiger partial charge in [0.1, 0.15) is 0 Å². The van der Waals surface area contributed by atoms with E-state index in [2.05, 4.69) is 16.8 Å². The highest BCUT2D eigenvalue weighted by molar-refractivity contribution is 6.09. The third-order valence-electron chi connectivity index (χ3n) is 5.06. The van der Waals surface area contributed by atoms with Gasteiger partial charge in [-0.1, -0.05) is 12.1 Å². The van der Waals surface area contributed by atoms with Crippen LogP contribution >= 0.6 is 0 Å². The maximum Gasteiger partial charge on any atom is 0.227 e. The molecule has 1 amide bonds. The number of Topliss-reactive ketones (excluding diaryl/α,β-unsaturated/α-hetero) is 1. The van der Waals surface area contributed by atoms with Gasteiger partial charge in [0, 0.05) is 51.1 Å². The first kappa shape index (κ1) is 17.1. The molecule has 0 saturated carbocycles. The summed E-state index contributed by atoms with van der Waals surface area (Å²) in [4.78, 5) is 31.3. The summed E-state index contributed by atoms with van der Waals surface area (Å²) in [6, 6.07) is 7.52. The number of rotatable bonds is 5. The van der Waals surface area contributed by atoms with E-state index in [1.165, 1.54) is 0 Å². The molecule has 0 spiro atoms. The normalized spacial score (nSPS) is 20.1. The monoisotopic (exact) mass is 329 g/mol. The third-order valence-corrected chi connectivity index (χ3v) is 5.06. The molecule has 2 heterocycles. The number of carbonyl (C=O) groups is 2. The molecule has 2 aliphatic rings. The summed E-state index contributed by atoms with van der Waals surface area (Å²) >= 11 is 0. The molecule has 0 aromatic heterocycles. The minimum atomic E-state index is 0.0768. The first-order valence-corrected chi connectivity index (χ1v) is 8.98. The van der Waals surface area contributed by atoms with Gasteiger partial charge >= 0.3 is 0 Å². The van der Waals surface area contributed by atoms with Crippen molar-refractivity contribution in [2.24, 2.45) is 0 Å². The minimum absolute atomic E-state index is 0.0768. The maximum atomic E-state index is 12.4. The summed E-state index contributed by atoms with van der Waals surface area (Å²) in [5.41, 5.74) is 1.49.